The first-order valence-electron chi connectivity index (χ1n) is 7.38. The van der Waals surface area contributed by atoms with Gasteiger partial charge in [0.2, 0.25) is 0 Å². The van der Waals surface area contributed by atoms with Gasteiger partial charge in [-0.25, -0.2) is 0 Å². The maximum atomic E-state index is 9.76. The number of benzene rings is 1. The number of hydrogen-bond acceptors (Lipinski definition) is 3. The molecule has 0 heterocycles. The number of nitrogens with one attached hydrogen (secondary N) is 1. The first-order valence-corrected chi connectivity index (χ1v) is 7.38. The number of rotatable bonds is 6. The smallest absolute Gasteiger partial charge is 0.124 e. The van der Waals surface area contributed by atoms with Crippen molar-refractivity contribution in [1.82, 2.24) is 5.32 Å². The molecule has 3 heteroatoms. The predicted molar refractivity (Wildman–Crippen MR) is 77.4 cm³/mol. The Labute approximate surface area is 116 Å². The summed E-state index contributed by atoms with van der Waals surface area (Å²) in [7, 11) is 0. The lowest BCUT2D eigenvalue weighted by atomic mass is 10.1. The third-order valence-corrected chi connectivity index (χ3v) is 3.79. The minimum atomic E-state index is -0.301. The second-order valence-corrected chi connectivity index (χ2v) is 5.40. The Morgan fingerprint density at radius 1 is 1.32 bits per heavy atom. The van der Waals surface area contributed by atoms with Crippen LogP contribution in [0.15, 0.2) is 24.3 Å². The summed E-state index contributed by atoms with van der Waals surface area (Å²) in [6.45, 7) is 5.38. The molecule has 0 amide bonds. The molecule has 1 aromatic carbocycles. The van der Waals surface area contributed by atoms with Gasteiger partial charge in [-0.1, -0.05) is 19.1 Å². The van der Waals surface area contributed by atoms with Crippen molar-refractivity contribution in [3.63, 3.8) is 0 Å². The van der Waals surface area contributed by atoms with Crippen LogP contribution in [-0.2, 0) is 0 Å². The zero-order valence-electron chi connectivity index (χ0n) is 11.9. The van der Waals surface area contributed by atoms with Gasteiger partial charge in [0.05, 0.1) is 6.10 Å². The molecule has 2 N–H and O–H groups in total. The molecule has 1 aliphatic rings. The summed E-state index contributed by atoms with van der Waals surface area (Å²) in [5.74, 6) is 0.859. The van der Waals surface area contributed by atoms with E-state index in [4.69, 9.17) is 4.74 Å². The van der Waals surface area contributed by atoms with E-state index >= 15 is 0 Å². The Morgan fingerprint density at radius 3 is 2.63 bits per heavy atom. The van der Waals surface area contributed by atoms with Gasteiger partial charge in [0, 0.05) is 6.04 Å². The van der Waals surface area contributed by atoms with E-state index in [0.29, 0.717) is 6.04 Å². The van der Waals surface area contributed by atoms with Gasteiger partial charge >= 0.3 is 0 Å². The second-order valence-electron chi connectivity index (χ2n) is 5.40. The Kier molecular flexibility index (Phi) is 5.23. The van der Waals surface area contributed by atoms with Gasteiger partial charge in [-0.2, -0.15) is 0 Å². The SMILES string of the molecule is CCCNC(C)c1ccc(OC2CCCC2O)cc1. The summed E-state index contributed by atoms with van der Waals surface area (Å²) in [6, 6.07) is 8.58. The van der Waals surface area contributed by atoms with Crippen LogP contribution in [0.25, 0.3) is 0 Å². The topological polar surface area (TPSA) is 41.5 Å². The molecule has 3 atom stereocenters. The molecule has 2 rings (SSSR count). The maximum absolute atomic E-state index is 9.76. The van der Waals surface area contributed by atoms with Gasteiger partial charge in [0.25, 0.3) is 0 Å². The molecule has 3 nitrogen and oxygen atoms in total. The molecule has 1 fully saturated rings. The molecule has 0 aliphatic heterocycles. The summed E-state index contributed by atoms with van der Waals surface area (Å²) < 4.78 is 5.83. The van der Waals surface area contributed by atoms with E-state index < -0.39 is 0 Å². The molecule has 106 valence electrons. The van der Waals surface area contributed by atoms with E-state index in [0.717, 1.165) is 38.0 Å². The summed E-state index contributed by atoms with van der Waals surface area (Å²) in [5, 5.41) is 13.2. The lowest BCUT2D eigenvalue weighted by Gasteiger charge is -2.18. The minimum Gasteiger partial charge on any atom is -0.488 e. The van der Waals surface area contributed by atoms with Crippen molar-refractivity contribution in [3.8, 4) is 5.75 Å². The first kappa shape index (κ1) is 14.4. The van der Waals surface area contributed by atoms with E-state index in [-0.39, 0.29) is 12.2 Å². The summed E-state index contributed by atoms with van der Waals surface area (Å²) >= 11 is 0. The summed E-state index contributed by atoms with van der Waals surface area (Å²) in [6.07, 6.45) is 3.69. The van der Waals surface area contributed by atoms with Crippen LogP contribution in [0.3, 0.4) is 0 Å². The Bertz CT molecular complexity index is 377. The predicted octanol–water partition coefficient (Wildman–Crippen LogP) is 3.04. The van der Waals surface area contributed by atoms with Gasteiger partial charge in [0.15, 0.2) is 0 Å². The van der Waals surface area contributed by atoms with Crippen molar-refractivity contribution in [1.29, 1.82) is 0 Å². The molecular weight excluding hydrogens is 238 g/mol. The van der Waals surface area contributed by atoms with Crippen molar-refractivity contribution in [2.24, 2.45) is 0 Å². The Balaban J connectivity index is 1.90. The van der Waals surface area contributed by atoms with Crippen molar-refractivity contribution < 1.29 is 9.84 Å². The van der Waals surface area contributed by atoms with Crippen LogP contribution in [0.2, 0.25) is 0 Å². The number of aliphatic hydroxyl groups is 1. The third-order valence-electron chi connectivity index (χ3n) is 3.79. The summed E-state index contributed by atoms with van der Waals surface area (Å²) in [4.78, 5) is 0. The largest absolute Gasteiger partial charge is 0.488 e. The van der Waals surface area contributed by atoms with Gasteiger partial charge in [-0.15, -0.1) is 0 Å². The highest BCUT2D eigenvalue weighted by molar-refractivity contribution is 5.29. The molecule has 1 saturated carbocycles. The zero-order valence-corrected chi connectivity index (χ0v) is 11.9. The quantitative estimate of drug-likeness (QED) is 0.829. The second kappa shape index (κ2) is 6.92. The molecule has 19 heavy (non-hydrogen) atoms. The van der Waals surface area contributed by atoms with Gasteiger partial charge in [-0.05, 0) is 56.8 Å². The van der Waals surface area contributed by atoms with Crippen molar-refractivity contribution >= 4 is 0 Å². The average Bonchev–Trinajstić information content (AvgIpc) is 2.82. The van der Waals surface area contributed by atoms with Crippen LogP contribution in [0, 0.1) is 0 Å². The minimum absolute atomic E-state index is 0.0264. The molecule has 0 aromatic heterocycles. The van der Waals surface area contributed by atoms with Gasteiger partial charge in [-0.3, -0.25) is 0 Å². The third kappa shape index (κ3) is 3.95. The van der Waals surface area contributed by atoms with E-state index in [2.05, 4.69) is 31.3 Å². The van der Waals surface area contributed by atoms with E-state index in [1.807, 2.05) is 12.1 Å². The number of ether oxygens (including phenoxy) is 1. The number of aliphatic hydroxyl groups excluding tert-OH is 1. The van der Waals surface area contributed by atoms with E-state index in [1.54, 1.807) is 0 Å². The fourth-order valence-electron chi connectivity index (χ4n) is 2.53. The standard InChI is InChI=1S/C16H25NO2/c1-3-11-17-12(2)13-7-9-14(10-8-13)19-16-6-4-5-15(16)18/h7-10,12,15-18H,3-6,11H2,1-2H3. The Hall–Kier alpha value is -1.06. The molecule has 0 radical (unpaired) electrons. The lowest BCUT2D eigenvalue weighted by molar-refractivity contribution is 0.0604. The van der Waals surface area contributed by atoms with Crippen LogP contribution in [0.4, 0.5) is 0 Å². The molecular formula is C16H25NO2. The molecule has 1 aromatic rings. The monoisotopic (exact) mass is 263 g/mol. The Morgan fingerprint density at radius 2 is 2.05 bits per heavy atom. The lowest BCUT2D eigenvalue weighted by Crippen LogP contribution is -2.25. The molecule has 3 unspecified atom stereocenters. The summed E-state index contributed by atoms with van der Waals surface area (Å²) in [5.41, 5.74) is 1.27. The van der Waals surface area contributed by atoms with Crippen LogP contribution >= 0.6 is 0 Å². The van der Waals surface area contributed by atoms with Crippen LogP contribution in [-0.4, -0.2) is 23.9 Å². The van der Waals surface area contributed by atoms with Gasteiger partial charge < -0.3 is 15.2 Å². The average molecular weight is 263 g/mol. The molecule has 1 aliphatic carbocycles. The van der Waals surface area contributed by atoms with Crippen molar-refractivity contribution in [3.05, 3.63) is 29.8 Å². The first-order chi connectivity index (χ1) is 9.20. The highest BCUT2D eigenvalue weighted by Crippen LogP contribution is 2.25. The van der Waals surface area contributed by atoms with E-state index in [9.17, 15) is 5.11 Å². The maximum Gasteiger partial charge on any atom is 0.124 e. The molecule has 0 saturated heterocycles. The fraction of sp³-hybridized carbons (Fsp3) is 0.625. The number of hydrogen-bond donors (Lipinski definition) is 2. The van der Waals surface area contributed by atoms with Gasteiger partial charge in [0.1, 0.15) is 11.9 Å². The van der Waals surface area contributed by atoms with Crippen molar-refractivity contribution in [2.75, 3.05) is 6.54 Å². The van der Waals surface area contributed by atoms with Crippen LogP contribution in [0.1, 0.15) is 51.1 Å². The normalized spacial score (nSPS) is 24.4. The molecule has 0 bridgehead atoms. The highest BCUT2D eigenvalue weighted by Gasteiger charge is 2.26. The van der Waals surface area contributed by atoms with E-state index in [1.165, 1.54) is 5.56 Å². The fourth-order valence-corrected chi connectivity index (χ4v) is 2.53. The van der Waals surface area contributed by atoms with Crippen LogP contribution in [0.5, 0.6) is 5.75 Å². The van der Waals surface area contributed by atoms with Crippen LogP contribution < -0.4 is 10.1 Å². The molecule has 0 spiro atoms. The van der Waals surface area contributed by atoms with Crippen molar-refractivity contribution in [2.45, 2.75) is 57.8 Å². The zero-order chi connectivity index (χ0) is 13.7. The highest BCUT2D eigenvalue weighted by atomic mass is 16.5.